The molecule has 0 saturated heterocycles. The minimum atomic E-state index is -0.0953. The molecule has 1 fully saturated rings. The van der Waals surface area contributed by atoms with Gasteiger partial charge in [-0.05, 0) is 54.3 Å². The normalized spacial score (nSPS) is 18.8. The molecule has 1 unspecified atom stereocenters. The van der Waals surface area contributed by atoms with E-state index in [9.17, 15) is 10.2 Å². The summed E-state index contributed by atoms with van der Waals surface area (Å²) in [7, 11) is 0. The third-order valence-electron chi connectivity index (χ3n) is 5.53. The fraction of sp³-hybridized carbons (Fsp3) is 0.684. The zero-order chi connectivity index (χ0) is 16.7. The van der Waals surface area contributed by atoms with Crippen LogP contribution in [-0.4, -0.2) is 16.8 Å². The molecule has 4 heteroatoms. The van der Waals surface area contributed by atoms with Crippen LogP contribution in [0.5, 0.6) is 0 Å². The van der Waals surface area contributed by atoms with Crippen molar-refractivity contribution in [2.75, 3.05) is 6.54 Å². The molecule has 1 aromatic rings. The van der Waals surface area contributed by atoms with E-state index in [1.807, 2.05) is 18.2 Å². The number of benzene rings is 1. The summed E-state index contributed by atoms with van der Waals surface area (Å²) in [6.07, 6.45) is 9.55. The smallest absolute Gasteiger partial charge is 0.0685 e. The predicted octanol–water partition coefficient (Wildman–Crippen LogP) is 2.75. The highest BCUT2D eigenvalue weighted by Crippen LogP contribution is 2.40. The van der Waals surface area contributed by atoms with Crippen molar-refractivity contribution in [3.8, 4) is 0 Å². The summed E-state index contributed by atoms with van der Waals surface area (Å²) in [5.74, 6) is 0. The zero-order valence-corrected chi connectivity index (χ0v) is 14.1. The largest absolute Gasteiger partial charge is 0.392 e. The van der Waals surface area contributed by atoms with E-state index in [1.54, 1.807) is 0 Å². The molecule has 0 heterocycles. The molecule has 2 rings (SSSR count). The molecule has 0 aromatic heterocycles. The Morgan fingerprint density at radius 2 is 1.83 bits per heavy atom. The van der Waals surface area contributed by atoms with Crippen LogP contribution >= 0.6 is 0 Å². The highest BCUT2D eigenvalue weighted by atomic mass is 16.3. The highest BCUT2D eigenvalue weighted by Gasteiger charge is 2.30. The predicted molar refractivity (Wildman–Crippen MR) is 93.6 cm³/mol. The van der Waals surface area contributed by atoms with Gasteiger partial charge in [0.05, 0.1) is 13.2 Å². The van der Waals surface area contributed by atoms with Crippen molar-refractivity contribution in [3.63, 3.8) is 0 Å². The molecular weight excluding hydrogens is 288 g/mol. The van der Waals surface area contributed by atoms with Crippen molar-refractivity contribution in [2.45, 2.75) is 70.6 Å². The summed E-state index contributed by atoms with van der Waals surface area (Å²) in [6, 6.07) is 5.54. The van der Waals surface area contributed by atoms with Crippen LogP contribution in [0, 0.1) is 5.41 Å². The number of rotatable bonds is 8. The zero-order valence-electron chi connectivity index (χ0n) is 14.1. The summed E-state index contributed by atoms with van der Waals surface area (Å²) < 4.78 is 0. The molecular formula is C19H32N2O2. The highest BCUT2D eigenvalue weighted by molar-refractivity contribution is 5.33. The first-order valence-electron chi connectivity index (χ1n) is 8.93. The topological polar surface area (TPSA) is 92.5 Å². The minimum Gasteiger partial charge on any atom is -0.392 e. The van der Waals surface area contributed by atoms with Gasteiger partial charge in [0.1, 0.15) is 0 Å². The maximum atomic E-state index is 9.50. The van der Waals surface area contributed by atoms with Crippen LogP contribution in [0.15, 0.2) is 18.2 Å². The molecule has 1 atom stereocenters. The van der Waals surface area contributed by atoms with Gasteiger partial charge in [0.2, 0.25) is 0 Å². The van der Waals surface area contributed by atoms with Crippen molar-refractivity contribution in [1.29, 1.82) is 0 Å². The summed E-state index contributed by atoms with van der Waals surface area (Å²) in [5, 5.41) is 18.8. The molecule has 1 aromatic carbocycles. The lowest BCUT2D eigenvalue weighted by molar-refractivity contribution is 0.175. The Morgan fingerprint density at radius 3 is 2.43 bits per heavy atom. The average molecular weight is 320 g/mol. The van der Waals surface area contributed by atoms with Crippen LogP contribution in [0.1, 0.15) is 74.1 Å². The molecule has 23 heavy (non-hydrogen) atoms. The van der Waals surface area contributed by atoms with E-state index >= 15 is 0 Å². The van der Waals surface area contributed by atoms with E-state index in [-0.39, 0.29) is 19.3 Å². The van der Waals surface area contributed by atoms with Gasteiger partial charge >= 0.3 is 0 Å². The van der Waals surface area contributed by atoms with E-state index in [0.717, 1.165) is 42.5 Å². The van der Waals surface area contributed by atoms with E-state index < -0.39 is 0 Å². The second-order valence-electron chi connectivity index (χ2n) is 7.11. The van der Waals surface area contributed by atoms with Crippen molar-refractivity contribution >= 4 is 0 Å². The molecule has 0 aliphatic heterocycles. The van der Waals surface area contributed by atoms with E-state index in [1.165, 1.54) is 32.1 Å². The summed E-state index contributed by atoms with van der Waals surface area (Å²) >= 11 is 0. The molecule has 6 N–H and O–H groups in total. The molecule has 1 aliphatic rings. The molecule has 1 saturated carbocycles. The van der Waals surface area contributed by atoms with Gasteiger partial charge in [-0.1, -0.05) is 43.9 Å². The first kappa shape index (κ1) is 18.4. The van der Waals surface area contributed by atoms with E-state index in [4.69, 9.17) is 11.5 Å². The Hall–Kier alpha value is -0.940. The Balaban J connectivity index is 1.95. The lowest BCUT2D eigenvalue weighted by atomic mass is 9.71. The van der Waals surface area contributed by atoms with Crippen molar-refractivity contribution in [1.82, 2.24) is 0 Å². The maximum Gasteiger partial charge on any atom is 0.0685 e. The third kappa shape index (κ3) is 4.77. The van der Waals surface area contributed by atoms with Gasteiger partial charge in [0, 0.05) is 6.04 Å². The second-order valence-corrected chi connectivity index (χ2v) is 7.11. The quantitative estimate of drug-likeness (QED) is 0.592. The number of aliphatic hydroxyl groups is 2. The number of nitrogens with two attached hydrogens (primary N) is 2. The Bertz CT molecular complexity index is 484. The van der Waals surface area contributed by atoms with Gasteiger partial charge in [-0.3, -0.25) is 0 Å². The third-order valence-corrected chi connectivity index (χ3v) is 5.53. The van der Waals surface area contributed by atoms with Crippen LogP contribution in [0.25, 0.3) is 0 Å². The number of aliphatic hydroxyl groups excluding tert-OH is 2. The molecule has 0 bridgehead atoms. The Kier molecular flexibility index (Phi) is 7.03. The summed E-state index contributed by atoms with van der Waals surface area (Å²) in [4.78, 5) is 0. The molecule has 0 spiro atoms. The van der Waals surface area contributed by atoms with Crippen molar-refractivity contribution < 1.29 is 10.2 Å². The fourth-order valence-corrected chi connectivity index (χ4v) is 3.94. The summed E-state index contributed by atoms with van der Waals surface area (Å²) in [5.41, 5.74) is 15.4. The SMILES string of the molecule is NCC1(CCCC(N)c2cc(CO)ccc2CO)CCCCC1. The van der Waals surface area contributed by atoms with Gasteiger partial charge in [-0.2, -0.15) is 0 Å². The van der Waals surface area contributed by atoms with Crippen molar-refractivity contribution in [3.05, 3.63) is 34.9 Å². The van der Waals surface area contributed by atoms with Crippen LogP contribution in [0.4, 0.5) is 0 Å². The Morgan fingerprint density at radius 1 is 1.09 bits per heavy atom. The first-order chi connectivity index (χ1) is 11.1. The van der Waals surface area contributed by atoms with Gasteiger partial charge < -0.3 is 21.7 Å². The van der Waals surface area contributed by atoms with Crippen LogP contribution in [0.2, 0.25) is 0 Å². The van der Waals surface area contributed by atoms with E-state index in [0.29, 0.717) is 5.41 Å². The Labute approximate surface area is 139 Å². The monoisotopic (exact) mass is 320 g/mol. The number of hydrogen-bond donors (Lipinski definition) is 4. The minimum absolute atomic E-state index is 0.00170. The van der Waals surface area contributed by atoms with Gasteiger partial charge in [-0.25, -0.2) is 0 Å². The second kappa shape index (κ2) is 8.78. The average Bonchev–Trinajstić information content (AvgIpc) is 2.61. The molecule has 4 nitrogen and oxygen atoms in total. The molecule has 0 radical (unpaired) electrons. The van der Waals surface area contributed by atoms with Gasteiger partial charge in [0.15, 0.2) is 0 Å². The summed E-state index contributed by atoms with van der Waals surface area (Å²) in [6.45, 7) is 0.771. The van der Waals surface area contributed by atoms with Crippen molar-refractivity contribution in [2.24, 2.45) is 16.9 Å². The van der Waals surface area contributed by atoms with Crippen LogP contribution in [-0.2, 0) is 13.2 Å². The molecule has 1 aliphatic carbocycles. The number of hydrogen-bond acceptors (Lipinski definition) is 4. The van der Waals surface area contributed by atoms with E-state index in [2.05, 4.69) is 0 Å². The molecule has 0 amide bonds. The van der Waals surface area contributed by atoms with Crippen LogP contribution < -0.4 is 11.5 Å². The fourth-order valence-electron chi connectivity index (χ4n) is 3.94. The first-order valence-corrected chi connectivity index (χ1v) is 8.93. The van der Waals surface area contributed by atoms with Crippen LogP contribution in [0.3, 0.4) is 0 Å². The van der Waals surface area contributed by atoms with Gasteiger partial charge in [-0.15, -0.1) is 0 Å². The standard InChI is InChI=1S/C19H32N2O2/c20-14-19(8-2-1-3-9-19)10-4-5-18(21)17-11-15(12-22)6-7-16(17)13-23/h6-7,11,18,22-23H,1-5,8-10,12-14,20-21H2. The lowest BCUT2D eigenvalue weighted by Crippen LogP contribution is -2.33. The lowest BCUT2D eigenvalue weighted by Gasteiger charge is -2.36. The van der Waals surface area contributed by atoms with Gasteiger partial charge in [0.25, 0.3) is 0 Å². The maximum absolute atomic E-state index is 9.50. The molecule has 130 valence electrons.